The fourth-order valence-electron chi connectivity index (χ4n) is 1.59. The summed E-state index contributed by atoms with van der Waals surface area (Å²) >= 11 is 0. The Kier molecular flexibility index (Phi) is 3.87. The van der Waals surface area contributed by atoms with Gasteiger partial charge in [0.15, 0.2) is 0 Å². The van der Waals surface area contributed by atoms with E-state index in [0.29, 0.717) is 6.54 Å². The van der Waals surface area contributed by atoms with Crippen molar-refractivity contribution in [3.63, 3.8) is 0 Å². The maximum atomic E-state index is 11.9. The monoisotopic (exact) mass is 281 g/mol. The average molecular weight is 281 g/mol. The number of hydrogen-bond acceptors (Lipinski definition) is 4. The number of phenols is 1. The second-order valence-corrected chi connectivity index (χ2v) is 5.94. The zero-order chi connectivity index (χ0) is 13.9. The molecule has 1 aromatic carbocycles. The molecule has 0 aliphatic rings. The highest BCUT2D eigenvalue weighted by atomic mass is 32.2. The molecule has 0 radical (unpaired) electrons. The van der Waals surface area contributed by atoms with Gasteiger partial charge in [0.1, 0.15) is 5.75 Å². The van der Waals surface area contributed by atoms with Crippen molar-refractivity contribution in [3.05, 3.63) is 42.2 Å². The van der Waals surface area contributed by atoms with Gasteiger partial charge in [0.25, 0.3) is 0 Å². The third kappa shape index (κ3) is 3.55. The normalized spacial score (nSPS) is 11.6. The molecule has 19 heavy (non-hydrogen) atoms. The SMILES string of the molecule is Cc1cnn(CCNS(=O)(=O)c2ccc(O)cc2)c1. The molecule has 0 unspecified atom stereocenters. The Morgan fingerprint density at radius 3 is 2.58 bits per heavy atom. The van der Waals surface area contributed by atoms with E-state index in [1.54, 1.807) is 10.9 Å². The first-order valence-corrected chi connectivity index (χ1v) is 7.23. The highest BCUT2D eigenvalue weighted by Crippen LogP contribution is 2.13. The van der Waals surface area contributed by atoms with Crippen molar-refractivity contribution in [2.24, 2.45) is 0 Å². The fourth-order valence-corrected chi connectivity index (χ4v) is 2.61. The molecule has 2 aromatic rings. The molecule has 0 amide bonds. The summed E-state index contributed by atoms with van der Waals surface area (Å²) < 4.78 is 28.0. The summed E-state index contributed by atoms with van der Waals surface area (Å²) in [6.45, 7) is 2.64. The van der Waals surface area contributed by atoms with Gasteiger partial charge in [0.2, 0.25) is 10.0 Å². The van der Waals surface area contributed by atoms with Crippen molar-refractivity contribution >= 4 is 10.0 Å². The van der Waals surface area contributed by atoms with Crippen molar-refractivity contribution in [1.82, 2.24) is 14.5 Å². The van der Waals surface area contributed by atoms with Crippen LogP contribution in [0.3, 0.4) is 0 Å². The van der Waals surface area contributed by atoms with Crippen LogP contribution in [0.2, 0.25) is 0 Å². The summed E-state index contributed by atoms with van der Waals surface area (Å²) in [5.74, 6) is 0.0333. The smallest absolute Gasteiger partial charge is 0.240 e. The minimum atomic E-state index is -3.54. The molecule has 0 fully saturated rings. The summed E-state index contributed by atoms with van der Waals surface area (Å²) in [4.78, 5) is 0.127. The van der Waals surface area contributed by atoms with E-state index >= 15 is 0 Å². The minimum Gasteiger partial charge on any atom is -0.508 e. The first-order valence-electron chi connectivity index (χ1n) is 5.75. The Balaban J connectivity index is 1.96. The number of hydrogen-bond donors (Lipinski definition) is 2. The van der Waals surface area contributed by atoms with Gasteiger partial charge < -0.3 is 5.11 Å². The molecule has 0 aliphatic heterocycles. The molecular formula is C12H15N3O3S. The molecule has 7 heteroatoms. The van der Waals surface area contributed by atoms with Crippen molar-refractivity contribution in [2.75, 3.05) is 6.54 Å². The zero-order valence-electron chi connectivity index (χ0n) is 10.4. The van der Waals surface area contributed by atoms with Gasteiger partial charge in [-0.1, -0.05) is 0 Å². The molecule has 0 saturated carbocycles. The van der Waals surface area contributed by atoms with Gasteiger partial charge in [-0.15, -0.1) is 0 Å². The van der Waals surface area contributed by atoms with Crippen LogP contribution in [0.1, 0.15) is 5.56 Å². The number of nitrogens with zero attached hydrogens (tertiary/aromatic N) is 2. The molecule has 6 nitrogen and oxygen atoms in total. The number of sulfonamides is 1. The van der Waals surface area contributed by atoms with Gasteiger partial charge in [-0.3, -0.25) is 4.68 Å². The number of aryl methyl sites for hydroxylation is 1. The number of aromatic hydroxyl groups is 1. The van der Waals surface area contributed by atoms with Gasteiger partial charge in [-0.2, -0.15) is 5.10 Å². The number of benzene rings is 1. The molecule has 2 N–H and O–H groups in total. The van der Waals surface area contributed by atoms with Gasteiger partial charge in [-0.25, -0.2) is 13.1 Å². The summed E-state index contributed by atoms with van der Waals surface area (Å²) in [6.07, 6.45) is 3.56. The van der Waals surface area contributed by atoms with Crippen LogP contribution in [0, 0.1) is 6.92 Å². The Morgan fingerprint density at radius 1 is 1.32 bits per heavy atom. The van der Waals surface area contributed by atoms with Gasteiger partial charge in [0, 0.05) is 12.7 Å². The first-order chi connectivity index (χ1) is 8.97. The number of phenolic OH excluding ortho intramolecular Hbond substituents is 1. The van der Waals surface area contributed by atoms with Crippen LogP contribution >= 0.6 is 0 Å². The molecule has 0 aliphatic carbocycles. The Hall–Kier alpha value is -1.86. The lowest BCUT2D eigenvalue weighted by Crippen LogP contribution is -2.27. The second kappa shape index (κ2) is 5.41. The van der Waals surface area contributed by atoms with Crippen molar-refractivity contribution < 1.29 is 13.5 Å². The lowest BCUT2D eigenvalue weighted by atomic mass is 10.3. The summed E-state index contributed by atoms with van der Waals surface area (Å²) in [5, 5.41) is 13.2. The van der Waals surface area contributed by atoms with Crippen molar-refractivity contribution in [3.8, 4) is 5.75 Å². The Morgan fingerprint density at radius 2 is 2.00 bits per heavy atom. The summed E-state index contributed by atoms with van der Waals surface area (Å²) in [7, 11) is -3.54. The van der Waals surface area contributed by atoms with Gasteiger partial charge in [-0.05, 0) is 36.8 Å². The van der Waals surface area contributed by atoms with Crippen LogP contribution < -0.4 is 4.72 Å². The third-order valence-corrected chi connectivity index (χ3v) is 4.02. The van der Waals surface area contributed by atoms with E-state index in [4.69, 9.17) is 5.11 Å². The number of nitrogens with one attached hydrogen (secondary N) is 1. The van der Waals surface area contributed by atoms with Crippen LogP contribution in [0.4, 0.5) is 0 Å². The summed E-state index contributed by atoms with van der Waals surface area (Å²) in [5.41, 5.74) is 1.03. The van der Waals surface area contributed by atoms with Crippen molar-refractivity contribution in [2.45, 2.75) is 18.4 Å². The molecule has 0 bridgehead atoms. The van der Waals surface area contributed by atoms with E-state index in [0.717, 1.165) is 5.56 Å². The molecule has 1 heterocycles. The van der Waals surface area contributed by atoms with Crippen LogP contribution in [0.15, 0.2) is 41.6 Å². The zero-order valence-corrected chi connectivity index (χ0v) is 11.3. The Labute approximate surface area is 111 Å². The maximum absolute atomic E-state index is 11.9. The van der Waals surface area contributed by atoms with E-state index in [1.807, 2.05) is 13.1 Å². The molecule has 2 rings (SSSR count). The first kappa shape index (κ1) is 13.6. The Bertz CT molecular complexity index is 647. The van der Waals surface area contributed by atoms with Crippen molar-refractivity contribution in [1.29, 1.82) is 0 Å². The van der Waals surface area contributed by atoms with E-state index in [1.165, 1.54) is 24.3 Å². The lowest BCUT2D eigenvalue weighted by Gasteiger charge is -2.07. The molecule has 0 saturated heterocycles. The van der Waals surface area contributed by atoms with Crippen LogP contribution in [-0.2, 0) is 16.6 Å². The van der Waals surface area contributed by atoms with Gasteiger partial charge >= 0.3 is 0 Å². The largest absolute Gasteiger partial charge is 0.508 e. The molecule has 0 atom stereocenters. The average Bonchev–Trinajstić information content (AvgIpc) is 2.75. The van der Waals surface area contributed by atoms with Crippen LogP contribution in [0.25, 0.3) is 0 Å². The topological polar surface area (TPSA) is 84.2 Å². The van der Waals surface area contributed by atoms with E-state index < -0.39 is 10.0 Å². The molecule has 102 valence electrons. The maximum Gasteiger partial charge on any atom is 0.240 e. The van der Waals surface area contributed by atoms with Crippen LogP contribution in [-0.4, -0.2) is 29.8 Å². The van der Waals surface area contributed by atoms with Gasteiger partial charge in [0.05, 0.1) is 17.6 Å². The lowest BCUT2D eigenvalue weighted by molar-refractivity contribution is 0.474. The quantitative estimate of drug-likeness (QED) is 0.852. The molecule has 0 spiro atoms. The van der Waals surface area contributed by atoms with E-state index in [2.05, 4.69) is 9.82 Å². The summed E-state index contributed by atoms with van der Waals surface area (Å²) in [6, 6.07) is 5.39. The number of aromatic nitrogens is 2. The van der Waals surface area contributed by atoms with Crippen LogP contribution in [0.5, 0.6) is 5.75 Å². The predicted molar refractivity (Wildman–Crippen MR) is 70.3 cm³/mol. The minimum absolute atomic E-state index is 0.0333. The second-order valence-electron chi connectivity index (χ2n) is 4.17. The highest BCUT2D eigenvalue weighted by Gasteiger charge is 2.12. The predicted octanol–water partition coefficient (Wildman–Crippen LogP) is 0.876. The van der Waals surface area contributed by atoms with E-state index in [-0.39, 0.29) is 17.2 Å². The third-order valence-electron chi connectivity index (χ3n) is 2.54. The highest BCUT2D eigenvalue weighted by molar-refractivity contribution is 7.89. The number of rotatable bonds is 5. The fraction of sp³-hybridized carbons (Fsp3) is 0.250. The molecule has 1 aromatic heterocycles. The van der Waals surface area contributed by atoms with E-state index in [9.17, 15) is 8.42 Å². The molecular weight excluding hydrogens is 266 g/mol. The standard InChI is InChI=1S/C12H15N3O3S/c1-10-8-13-15(9-10)7-6-14-19(17,18)12-4-2-11(16)3-5-12/h2-5,8-9,14,16H,6-7H2,1H3.